The molecule has 5 nitrogen and oxygen atoms in total. The second-order valence-corrected chi connectivity index (χ2v) is 6.57. The summed E-state index contributed by atoms with van der Waals surface area (Å²) in [5.41, 5.74) is 3.00. The molecular formula is C22H21ClN2O3. The monoisotopic (exact) mass is 396 g/mol. The van der Waals surface area contributed by atoms with Crippen LogP contribution < -0.4 is 14.8 Å². The van der Waals surface area contributed by atoms with Crippen molar-refractivity contribution in [2.24, 2.45) is 0 Å². The number of nitrogens with one attached hydrogen (secondary N) is 1. The van der Waals surface area contributed by atoms with Gasteiger partial charge in [0.2, 0.25) is 0 Å². The highest BCUT2D eigenvalue weighted by Crippen LogP contribution is 2.30. The molecule has 1 N–H and O–H groups in total. The first kappa shape index (κ1) is 19.7. The summed E-state index contributed by atoms with van der Waals surface area (Å²) in [5.74, 6) is 0.835. The van der Waals surface area contributed by atoms with Gasteiger partial charge in [-0.05, 0) is 55.8 Å². The molecule has 3 aromatic rings. The number of aromatic nitrogens is 1. The number of aryl methyl sites for hydroxylation is 1. The molecule has 28 heavy (non-hydrogen) atoms. The fourth-order valence-electron chi connectivity index (χ4n) is 2.56. The zero-order valence-electron chi connectivity index (χ0n) is 15.7. The van der Waals surface area contributed by atoms with Gasteiger partial charge in [-0.2, -0.15) is 0 Å². The maximum absolute atomic E-state index is 12.6. The number of carbonyl (C=O) groups excluding carboxylic acids is 1. The van der Waals surface area contributed by atoms with E-state index in [1.54, 1.807) is 36.7 Å². The Hall–Kier alpha value is -3.05. The van der Waals surface area contributed by atoms with Crippen LogP contribution >= 0.6 is 11.6 Å². The molecule has 1 heterocycles. The van der Waals surface area contributed by atoms with Crippen LogP contribution in [0.5, 0.6) is 11.5 Å². The normalized spacial score (nSPS) is 10.4. The van der Waals surface area contributed by atoms with Gasteiger partial charge in [0.1, 0.15) is 6.61 Å². The van der Waals surface area contributed by atoms with Crippen molar-refractivity contribution in [3.63, 3.8) is 0 Å². The zero-order chi connectivity index (χ0) is 19.9. The van der Waals surface area contributed by atoms with E-state index in [1.165, 1.54) is 0 Å². The minimum atomic E-state index is -0.250. The highest BCUT2D eigenvalue weighted by atomic mass is 35.5. The molecule has 0 atom stereocenters. The number of hydrogen-bond donors (Lipinski definition) is 1. The fourth-order valence-corrected chi connectivity index (χ4v) is 2.74. The van der Waals surface area contributed by atoms with E-state index in [2.05, 4.69) is 10.3 Å². The van der Waals surface area contributed by atoms with Gasteiger partial charge in [0.05, 0.1) is 6.61 Å². The summed E-state index contributed by atoms with van der Waals surface area (Å²) in [6, 6.07) is 14.3. The Morgan fingerprint density at radius 1 is 1.11 bits per heavy atom. The molecule has 0 spiro atoms. The highest BCUT2D eigenvalue weighted by molar-refractivity contribution is 6.31. The van der Waals surface area contributed by atoms with Gasteiger partial charge in [0, 0.05) is 34.2 Å². The van der Waals surface area contributed by atoms with E-state index in [-0.39, 0.29) is 5.91 Å². The van der Waals surface area contributed by atoms with Gasteiger partial charge in [-0.1, -0.05) is 23.7 Å². The molecule has 6 heteroatoms. The third-order valence-corrected chi connectivity index (χ3v) is 4.46. The SMILES string of the molecule is CCOc1cc(C(=O)Nc2ccc(C)c(Cl)c2)ccc1OCc1cccnc1. The van der Waals surface area contributed by atoms with Crippen LogP contribution in [0.4, 0.5) is 5.69 Å². The summed E-state index contributed by atoms with van der Waals surface area (Å²) >= 11 is 6.12. The Balaban J connectivity index is 1.75. The first-order chi connectivity index (χ1) is 13.6. The van der Waals surface area contributed by atoms with Crippen molar-refractivity contribution in [3.05, 3.63) is 82.6 Å². The van der Waals surface area contributed by atoms with E-state index >= 15 is 0 Å². The Morgan fingerprint density at radius 2 is 1.96 bits per heavy atom. The molecule has 1 aromatic heterocycles. The Bertz CT molecular complexity index is 961. The van der Waals surface area contributed by atoms with Crippen molar-refractivity contribution in [1.29, 1.82) is 0 Å². The number of halogens is 1. The van der Waals surface area contributed by atoms with Crippen molar-refractivity contribution in [2.75, 3.05) is 11.9 Å². The van der Waals surface area contributed by atoms with Gasteiger partial charge in [0.15, 0.2) is 11.5 Å². The summed E-state index contributed by atoms with van der Waals surface area (Å²) in [6.07, 6.45) is 3.46. The first-order valence-electron chi connectivity index (χ1n) is 8.93. The number of nitrogens with zero attached hydrogens (tertiary/aromatic N) is 1. The molecule has 0 saturated heterocycles. The predicted molar refractivity (Wildman–Crippen MR) is 110 cm³/mol. The Labute approximate surface area is 169 Å². The van der Waals surface area contributed by atoms with Gasteiger partial charge < -0.3 is 14.8 Å². The molecule has 0 aliphatic rings. The van der Waals surface area contributed by atoms with Crippen molar-refractivity contribution < 1.29 is 14.3 Å². The van der Waals surface area contributed by atoms with E-state index in [0.717, 1.165) is 11.1 Å². The van der Waals surface area contributed by atoms with E-state index < -0.39 is 0 Å². The molecule has 0 aliphatic heterocycles. The zero-order valence-corrected chi connectivity index (χ0v) is 16.5. The molecule has 1 amide bonds. The van der Waals surface area contributed by atoms with Crippen LogP contribution in [0.25, 0.3) is 0 Å². The van der Waals surface area contributed by atoms with Crippen LogP contribution in [-0.2, 0) is 6.61 Å². The molecule has 2 aromatic carbocycles. The van der Waals surface area contributed by atoms with E-state index in [1.807, 2.05) is 38.1 Å². The molecule has 0 fully saturated rings. The lowest BCUT2D eigenvalue weighted by Crippen LogP contribution is -2.12. The largest absolute Gasteiger partial charge is 0.490 e. The molecule has 144 valence electrons. The molecule has 0 unspecified atom stereocenters. The average Bonchev–Trinajstić information content (AvgIpc) is 2.71. The Kier molecular flexibility index (Phi) is 6.50. The number of carbonyl (C=O) groups is 1. The summed E-state index contributed by atoms with van der Waals surface area (Å²) in [4.78, 5) is 16.7. The number of ether oxygens (including phenoxy) is 2. The summed E-state index contributed by atoms with van der Waals surface area (Å²) in [6.45, 7) is 4.61. The maximum atomic E-state index is 12.6. The van der Waals surface area contributed by atoms with Crippen LogP contribution in [0.3, 0.4) is 0 Å². The summed E-state index contributed by atoms with van der Waals surface area (Å²) in [5, 5.41) is 3.45. The smallest absolute Gasteiger partial charge is 0.255 e. The number of rotatable bonds is 7. The number of anilines is 1. The maximum Gasteiger partial charge on any atom is 0.255 e. The minimum absolute atomic E-state index is 0.250. The lowest BCUT2D eigenvalue weighted by atomic mass is 10.1. The third kappa shape index (κ3) is 5.02. The van der Waals surface area contributed by atoms with Gasteiger partial charge in [-0.3, -0.25) is 9.78 Å². The number of benzene rings is 2. The number of hydrogen-bond acceptors (Lipinski definition) is 4. The quantitative estimate of drug-likeness (QED) is 0.590. The van der Waals surface area contributed by atoms with Gasteiger partial charge in [0.25, 0.3) is 5.91 Å². The first-order valence-corrected chi connectivity index (χ1v) is 9.30. The molecular weight excluding hydrogens is 376 g/mol. The number of amides is 1. The van der Waals surface area contributed by atoms with E-state index in [0.29, 0.717) is 41.0 Å². The van der Waals surface area contributed by atoms with Crippen molar-refractivity contribution in [1.82, 2.24) is 4.98 Å². The van der Waals surface area contributed by atoms with Crippen LogP contribution in [0, 0.1) is 6.92 Å². The average molecular weight is 397 g/mol. The van der Waals surface area contributed by atoms with E-state index in [9.17, 15) is 4.79 Å². The lowest BCUT2D eigenvalue weighted by molar-refractivity contribution is 0.102. The summed E-state index contributed by atoms with van der Waals surface area (Å²) in [7, 11) is 0. The van der Waals surface area contributed by atoms with Gasteiger partial charge in [-0.15, -0.1) is 0 Å². The van der Waals surface area contributed by atoms with Gasteiger partial charge in [-0.25, -0.2) is 0 Å². The van der Waals surface area contributed by atoms with Crippen LogP contribution in [0.2, 0.25) is 5.02 Å². The van der Waals surface area contributed by atoms with Crippen molar-refractivity contribution >= 4 is 23.2 Å². The second kappa shape index (κ2) is 9.24. The highest BCUT2D eigenvalue weighted by Gasteiger charge is 2.13. The fraction of sp³-hybridized carbons (Fsp3) is 0.182. The number of pyridine rings is 1. The molecule has 3 rings (SSSR count). The Morgan fingerprint density at radius 3 is 2.68 bits per heavy atom. The van der Waals surface area contributed by atoms with Crippen molar-refractivity contribution in [3.8, 4) is 11.5 Å². The summed E-state index contributed by atoms with van der Waals surface area (Å²) < 4.78 is 11.5. The molecule has 0 bridgehead atoms. The van der Waals surface area contributed by atoms with Crippen LogP contribution in [0.1, 0.15) is 28.4 Å². The van der Waals surface area contributed by atoms with Gasteiger partial charge >= 0.3 is 0 Å². The molecule has 0 aliphatic carbocycles. The van der Waals surface area contributed by atoms with E-state index in [4.69, 9.17) is 21.1 Å². The standard InChI is InChI=1S/C22H21ClN2O3/c1-3-27-21-11-17(22(26)25-18-8-6-15(2)19(23)12-18)7-9-20(21)28-14-16-5-4-10-24-13-16/h4-13H,3,14H2,1-2H3,(H,25,26). The minimum Gasteiger partial charge on any atom is -0.490 e. The lowest BCUT2D eigenvalue weighted by Gasteiger charge is -2.14. The molecule has 0 saturated carbocycles. The third-order valence-electron chi connectivity index (χ3n) is 4.05. The van der Waals surface area contributed by atoms with Crippen LogP contribution in [-0.4, -0.2) is 17.5 Å². The van der Waals surface area contributed by atoms with Crippen molar-refractivity contribution in [2.45, 2.75) is 20.5 Å². The molecule has 0 radical (unpaired) electrons. The predicted octanol–water partition coefficient (Wildman–Crippen LogP) is 5.27. The van der Waals surface area contributed by atoms with Crippen LogP contribution in [0.15, 0.2) is 60.9 Å². The second-order valence-electron chi connectivity index (χ2n) is 6.16. The topological polar surface area (TPSA) is 60.5 Å².